The Balaban J connectivity index is 1.17. The van der Waals surface area contributed by atoms with E-state index in [0.29, 0.717) is 32.6 Å². The van der Waals surface area contributed by atoms with Gasteiger partial charge in [-0.1, -0.05) is 59.6 Å². The summed E-state index contributed by atoms with van der Waals surface area (Å²) in [6.45, 7) is 6.43. The number of nitrogens with zero attached hydrogens (tertiary/aromatic N) is 2. The molecule has 0 bridgehead atoms. The first-order valence-corrected chi connectivity index (χ1v) is 21.9. The standard InChI is InChI=1S/C46H56Cl2N4O14/c1-7-65-45(57)41-33(51-27(3)37(43(55)59-5)39(41)29-13-9-11-15-31(29)47)23-61-19-17-49-35(53)25-63-21-22-64-26-36(54)50-18-20-62-24-34-42(46(58)66-8-2)40(30-14-10-12-16-32(30)48)38(28(4)52-34)44(56)60-6/h9-16,37-40H,7-8,17-26H2,1-6H3,(H,49,53)(H,50,54). The van der Waals surface area contributed by atoms with E-state index in [1.54, 1.807) is 76.2 Å². The van der Waals surface area contributed by atoms with Gasteiger partial charge >= 0.3 is 23.9 Å². The summed E-state index contributed by atoms with van der Waals surface area (Å²) in [4.78, 5) is 86.5. The number of methoxy groups -OCH3 is 2. The lowest BCUT2D eigenvalue weighted by Gasteiger charge is -2.32. The maximum Gasteiger partial charge on any atom is 0.336 e. The second kappa shape index (κ2) is 27.2. The lowest BCUT2D eigenvalue weighted by Crippen LogP contribution is -2.37. The third-order valence-electron chi connectivity index (χ3n) is 10.3. The fraction of sp³-hybridized carbons (Fsp3) is 0.478. The minimum atomic E-state index is -0.930. The number of carbonyl (C=O) groups excluding carboxylic acids is 6. The first-order valence-electron chi connectivity index (χ1n) is 21.2. The van der Waals surface area contributed by atoms with Crippen LogP contribution in [0.25, 0.3) is 0 Å². The van der Waals surface area contributed by atoms with Crippen molar-refractivity contribution in [1.29, 1.82) is 0 Å². The zero-order valence-electron chi connectivity index (χ0n) is 37.8. The molecule has 0 spiro atoms. The van der Waals surface area contributed by atoms with Crippen LogP contribution >= 0.6 is 23.2 Å². The smallest absolute Gasteiger partial charge is 0.336 e. The van der Waals surface area contributed by atoms with Gasteiger partial charge in [-0.3, -0.25) is 29.2 Å². The van der Waals surface area contributed by atoms with Gasteiger partial charge in [-0.05, 0) is 51.0 Å². The fourth-order valence-electron chi connectivity index (χ4n) is 7.39. The Morgan fingerprint density at radius 1 is 0.576 bits per heavy atom. The van der Waals surface area contributed by atoms with Crippen molar-refractivity contribution in [3.8, 4) is 0 Å². The average molecular weight is 960 g/mol. The molecule has 2 aromatic rings. The number of amides is 2. The number of hydrogen-bond acceptors (Lipinski definition) is 16. The summed E-state index contributed by atoms with van der Waals surface area (Å²) in [6, 6.07) is 13.8. The highest BCUT2D eigenvalue weighted by Gasteiger charge is 2.45. The van der Waals surface area contributed by atoms with Gasteiger partial charge in [0.2, 0.25) is 11.8 Å². The normalized spacial score (nSPS) is 18.2. The molecule has 4 rings (SSSR count). The third-order valence-corrected chi connectivity index (χ3v) is 11.0. The topological polar surface area (TPSA) is 225 Å². The van der Waals surface area contributed by atoms with Crippen LogP contribution in [0.5, 0.6) is 0 Å². The van der Waals surface area contributed by atoms with E-state index < -0.39 is 59.4 Å². The summed E-state index contributed by atoms with van der Waals surface area (Å²) < 4.78 is 43.2. The molecule has 4 unspecified atom stereocenters. The van der Waals surface area contributed by atoms with Crippen molar-refractivity contribution in [2.75, 3.05) is 93.4 Å². The monoisotopic (exact) mass is 958 g/mol. The molecular weight excluding hydrogens is 903 g/mol. The summed E-state index contributed by atoms with van der Waals surface area (Å²) in [6.07, 6.45) is 0. The first-order chi connectivity index (χ1) is 31.8. The molecule has 0 radical (unpaired) electrons. The van der Waals surface area contributed by atoms with Gasteiger partial charge in [0.15, 0.2) is 0 Å². The number of esters is 4. The van der Waals surface area contributed by atoms with Crippen LogP contribution < -0.4 is 10.6 Å². The second-order valence-electron chi connectivity index (χ2n) is 14.6. The fourth-order valence-corrected chi connectivity index (χ4v) is 7.90. The molecule has 18 nitrogen and oxygen atoms in total. The molecule has 2 amide bonds. The van der Waals surface area contributed by atoms with Crippen molar-refractivity contribution in [3.63, 3.8) is 0 Å². The van der Waals surface area contributed by atoms with Gasteiger partial charge in [-0.2, -0.15) is 0 Å². The lowest BCUT2D eigenvalue weighted by atomic mass is 9.75. The summed E-state index contributed by atoms with van der Waals surface area (Å²) >= 11 is 13.1. The van der Waals surface area contributed by atoms with E-state index in [1.807, 2.05) is 0 Å². The summed E-state index contributed by atoms with van der Waals surface area (Å²) in [5.74, 6) is -6.90. The summed E-state index contributed by atoms with van der Waals surface area (Å²) in [7, 11) is 2.51. The molecule has 0 saturated carbocycles. The molecule has 0 aromatic heterocycles. The summed E-state index contributed by atoms with van der Waals surface area (Å²) in [5.41, 5.74) is 2.64. The van der Waals surface area contributed by atoms with Crippen molar-refractivity contribution in [1.82, 2.24) is 10.6 Å². The van der Waals surface area contributed by atoms with Crippen molar-refractivity contribution < 1.29 is 66.7 Å². The lowest BCUT2D eigenvalue weighted by molar-refractivity contribution is -0.145. The number of nitrogens with one attached hydrogen (secondary N) is 2. The average Bonchev–Trinajstić information content (AvgIpc) is 3.29. The molecule has 0 saturated heterocycles. The highest BCUT2D eigenvalue weighted by Crippen LogP contribution is 2.44. The minimum Gasteiger partial charge on any atom is -0.468 e. The van der Waals surface area contributed by atoms with E-state index in [0.717, 1.165) is 0 Å². The molecule has 2 aliphatic rings. The highest BCUT2D eigenvalue weighted by atomic mass is 35.5. The van der Waals surface area contributed by atoms with Gasteiger partial charge in [-0.15, -0.1) is 0 Å². The molecule has 358 valence electrons. The quantitative estimate of drug-likeness (QED) is 0.0804. The first kappa shape index (κ1) is 53.1. The van der Waals surface area contributed by atoms with Crippen LogP contribution in [0.1, 0.15) is 50.7 Å². The largest absolute Gasteiger partial charge is 0.468 e. The van der Waals surface area contributed by atoms with Crippen LogP contribution in [0, 0.1) is 11.8 Å². The SMILES string of the molecule is CCOC(=O)C1=C(COCCNC(=O)COCCOCC(=O)NCCOCC2=C(C(=O)OCC)C(c3ccccc3Cl)C(C(=O)OC)C(C)=N2)N=C(C)C(C(=O)OC)C1c1ccccc1Cl. The zero-order chi connectivity index (χ0) is 48.2. The van der Waals surface area contributed by atoms with E-state index >= 15 is 0 Å². The maximum atomic E-state index is 13.3. The van der Waals surface area contributed by atoms with E-state index in [9.17, 15) is 28.8 Å². The molecule has 2 aromatic carbocycles. The van der Waals surface area contributed by atoms with E-state index in [2.05, 4.69) is 20.6 Å². The molecule has 0 aliphatic carbocycles. The molecule has 2 heterocycles. The van der Waals surface area contributed by atoms with Crippen molar-refractivity contribution in [2.24, 2.45) is 21.8 Å². The Labute approximate surface area is 393 Å². The van der Waals surface area contributed by atoms with Gasteiger partial charge in [0.05, 0.1) is 89.6 Å². The van der Waals surface area contributed by atoms with Gasteiger partial charge in [0.25, 0.3) is 0 Å². The number of aliphatic imine (C=N–C) groups is 2. The van der Waals surface area contributed by atoms with Crippen LogP contribution in [-0.2, 0) is 66.7 Å². The van der Waals surface area contributed by atoms with E-state index in [-0.39, 0.29) is 102 Å². The van der Waals surface area contributed by atoms with Crippen LogP contribution in [0.2, 0.25) is 10.0 Å². The van der Waals surface area contributed by atoms with Gasteiger partial charge < -0.3 is 48.5 Å². The number of benzene rings is 2. The van der Waals surface area contributed by atoms with Crippen LogP contribution in [0.3, 0.4) is 0 Å². The predicted octanol–water partition coefficient (Wildman–Crippen LogP) is 4.32. The minimum absolute atomic E-state index is 0.0332. The Hall–Kier alpha value is -5.50. The Morgan fingerprint density at radius 3 is 1.30 bits per heavy atom. The van der Waals surface area contributed by atoms with Crippen molar-refractivity contribution in [3.05, 3.63) is 92.2 Å². The van der Waals surface area contributed by atoms with Crippen molar-refractivity contribution in [2.45, 2.75) is 39.5 Å². The molecule has 66 heavy (non-hydrogen) atoms. The Bertz CT molecular complexity index is 2040. The van der Waals surface area contributed by atoms with Crippen molar-refractivity contribution >= 4 is 70.3 Å². The Morgan fingerprint density at radius 2 is 0.955 bits per heavy atom. The number of halogens is 2. The predicted molar refractivity (Wildman–Crippen MR) is 242 cm³/mol. The van der Waals surface area contributed by atoms with Gasteiger partial charge in [-0.25, -0.2) is 9.59 Å². The number of ether oxygens (including phenoxy) is 8. The molecule has 2 N–H and O–H groups in total. The molecule has 2 aliphatic heterocycles. The maximum absolute atomic E-state index is 13.3. The molecule has 0 fully saturated rings. The second-order valence-corrected chi connectivity index (χ2v) is 15.4. The van der Waals surface area contributed by atoms with Gasteiger partial charge in [0.1, 0.15) is 25.0 Å². The Kier molecular flexibility index (Phi) is 21.9. The van der Waals surface area contributed by atoms with Crippen LogP contribution in [0.4, 0.5) is 0 Å². The molecule has 20 heteroatoms. The van der Waals surface area contributed by atoms with Gasteiger partial charge in [0, 0.05) is 46.4 Å². The number of rotatable bonds is 25. The third kappa shape index (κ3) is 14.5. The van der Waals surface area contributed by atoms with E-state index in [1.165, 1.54) is 14.2 Å². The van der Waals surface area contributed by atoms with E-state index in [4.69, 9.17) is 61.1 Å². The zero-order valence-corrected chi connectivity index (χ0v) is 39.3. The molecule has 4 atom stereocenters. The van der Waals surface area contributed by atoms with Crippen LogP contribution in [-0.4, -0.2) is 140 Å². The number of carbonyl (C=O) groups is 6. The highest BCUT2D eigenvalue weighted by molar-refractivity contribution is 6.32. The summed E-state index contributed by atoms with van der Waals surface area (Å²) in [5, 5.41) is 6.04. The van der Waals surface area contributed by atoms with Crippen LogP contribution in [0.15, 0.2) is 81.1 Å². The number of hydrogen-bond donors (Lipinski definition) is 2. The molecular formula is C46H56Cl2N4O14.